The van der Waals surface area contributed by atoms with Crippen molar-refractivity contribution >= 4 is 26.6 Å². The summed E-state index contributed by atoms with van der Waals surface area (Å²) in [5, 5.41) is 19.9. The van der Waals surface area contributed by atoms with Crippen LogP contribution in [0.3, 0.4) is 0 Å². The van der Waals surface area contributed by atoms with Gasteiger partial charge in [-0.05, 0) is 52.7 Å². The van der Waals surface area contributed by atoms with Crippen molar-refractivity contribution in [3.05, 3.63) is 83.2 Å². The molecular formula is C21H14O4S. The summed E-state index contributed by atoms with van der Waals surface area (Å²) in [5.74, 6) is -0.259. The Morgan fingerprint density at radius 2 is 1.50 bits per heavy atom. The fourth-order valence-electron chi connectivity index (χ4n) is 3.03. The first-order valence-electron chi connectivity index (χ1n) is 7.95. The van der Waals surface area contributed by atoms with Gasteiger partial charge in [0.15, 0.2) is 4.70 Å². The average Bonchev–Trinajstić information content (AvgIpc) is 2.94. The van der Waals surface area contributed by atoms with Gasteiger partial charge in [0.2, 0.25) is 10.7 Å². The molecule has 2 N–H and O–H groups in total. The van der Waals surface area contributed by atoms with Crippen LogP contribution in [-0.4, -0.2) is 20.5 Å². The molecule has 1 heterocycles. The van der Waals surface area contributed by atoms with Crippen molar-refractivity contribution in [3.63, 3.8) is 0 Å². The monoisotopic (exact) mass is 362 g/mol. The molecule has 4 rings (SSSR count). The van der Waals surface area contributed by atoms with Crippen LogP contribution in [0.15, 0.2) is 72.8 Å². The number of hydrogen-bond donors (Lipinski definition) is 2. The number of benzene rings is 3. The van der Waals surface area contributed by atoms with Gasteiger partial charge in [-0.2, -0.15) is 0 Å². The molecule has 0 aliphatic heterocycles. The van der Waals surface area contributed by atoms with Gasteiger partial charge in [-0.1, -0.05) is 30.3 Å². The topological polar surface area (TPSA) is 80.6 Å². The number of phenolic OH excluding ortho intramolecular Hbond substituents is 2. The molecule has 26 heavy (non-hydrogen) atoms. The van der Waals surface area contributed by atoms with Crippen molar-refractivity contribution < 1.29 is 19.6 Å². The van der Waals surface area contributed by atoms with E-state index in [1.54, 1.807) is 6.07 Å². The molecule has 1 aromatic heterocycles. The van der Waals surface area contributed by atoms with Crippen LogP contribution in [-0.2, 0) is 0 Å². The minimum atomic E-state index is -1.65. The minimum Gasteiger partial charge on any atom is -0.590 e. The third-order valence-corrected chi connectivity index (χ3v) is 5.76. The summed E-state index contributed by atoms with van der Waals surface area (Å²) in [6.07, 6.45) is 0. The molecule has 0 fully saturated rings. The zero-order valence-corrected chi connectivity index (χ0v) is 14.4. The van der Waals surface area contributed by atoms with Gasteiger partial charge in [0, 0.05) is 11.6 Å². The van der Waals surface area contributed by atoms with E-state index in [4.69, 9.17) is 0 Å². The van der Waals surface area contributed by atoms with Crippen molar-refractivity contribution in [2.45, 2.75) is 0 Å². The van der Waals surface area contributed by atoms with Gasteiger partial charge in [-0.3, -0.25) is 4.79 Å². The minimum absolute atomic E-state index is 0.0486. The van der Waals surface area contributed by atoms with E-state index < -0.39 is 10.8 Å². The molecule has 0 spiro atoms. The highest BCUT2D eigenvalue weighted by Gasteiger charge is 2.30. The summed E-state index contributed by atoms with van der Waals surface area (Å²) in [5.41, 5.74) is 1.66. The fourth-order valence-corrected chi connectivity index (χ4v) is 4.50. The van der Waals surface area contributed by atoms with Crippen molar-refractivity contribution in [3.8, 4) is 22.6 Å². The van der Waals surface area contributed by atoms with Crippen molar-refractivity contribution in [1.29, 1.82) is 0 Å². The third kappa shape index (κ3) is 2.63. The van der Waals surface area contributed by atoms with Crippen LogP contribution in [0.25, 0.3) is 21.2 Å². The lowest BCUT2D eigenvalue weighted by Gasteiger charge is -2.04. The Labute approximate surface area is 152 Å². The number of ketones is 1. The van der Waals surface area contributed by atoms with Crippen LogP contribution < -0.4 is 0 Å². The number of carbonyl (C=O) groups is 1. The van der Waals surface area contributed by atoms with E-state index in [9.17, 15) is 19.6 Å². The predicted molar refractivity (Wildman–Crippen MR) is 101 cm³/mol. The molecule has 0 saturated heterocycles. The summed E-state index contributed by atoms with van der Waals surface area (Å²) < 4.78 is 13.6. The van der Waals surface area contributed by atoms with E-state index in [0.29, 0.717) is 21.2 Å². The van der Waals surface area contributed by atoms with E-state index in [1.165, 1.54) is 36.4 Å². The fraction of sp³-hybridized carbons (Fsp3) is 0. The number of aromatic hydroxyl groups is 2. The molecule has 5 heteroatoms. The van der Waals surface area contributed by atoms with E-state index in [0.717, 1.165) is 5.56 Å². The van der Waals surface area contributed by atoms with Gasteiger partial charge >= 0.3 is 0 Å². The molecule has 0 amide bonds. The molecule has 0 aliphatic carbocycles. The van der Waals surface area contributed by atoms with Crippen LogP contribution in [0.1, 0.15) is 15.2 Å². The molecular weight excluding hydrogens is 348 g/mol. The van der Waals surface area contributed by atoms with E-state index in [-0.39, 0.29) is 22.2 Å². The summed E-state index contributed by atoms with van der Waals surface area (Å²) in [4.78, 5) is 13.3. The summed E-state index contributed by atoms with van der Waals surface area (Å²) in [6.45, 7) is 0. The Kier molecular flexibility index (Phi) is 3.95. The number of phenols is 2. The highest BCUT2D eigenvalue weighted by atomic mass is 32.2. The molecule has 128 valence electrons. The van der Waals surface area contributed by atoms with Gasteiger partial charge in [0.1, 0.15) is 11.5 Å². The lowest BCUT2D eigenvalue weighted by Crippen LogP contribution is -2.01. The van der Waals surface area contributed by atoms with Gasteiger partial charge < -0.3 is 14.8 Å². The second kappa shape index (κ2) is 6.29. The Balaban J connectivity index is 2.03. The quantitative estimate of drug-likeness (QED) is 0.402. The van der Waals surface area contributed by atoms with Crippen molar-refractivity contribution in [2.75, 3.05) is 0 Å². The smallest absolute Gasteiger partial charge is 0.245 e. The number of carbonyl (C=O) groups excluding carboxylic acids is 1. The largest absolute Gasteiger partial charge is 0.590 e. The van der Waals surface area contributed by atoms with Crippen LogP contribution in [0, 0.1) is 0 Å². The van der Waals surface area contributed by atoms with Crippen molar-refractivity contribution in [2.24, 2.45) is 0 Å². The number of rotatable bonds is 3. The van der Waals surface area contributed by atoms with Gasteiger partial charge in [-0.25, -0.2) is 0 Å². The highest BCUT2D eigenvalue weighted by molar-refractivity contribution is 7.33. The first-order chi connectivity index (χ1) is 12.6. The molecule has 0 radical (unpaired) electrons. The average molecular weight is 362 g/mol. The first kappa shape index (κ1) is 16.3. The van der Waals surface area contributed by atoms with Crippen LogP contribution in [0.2, 0.25) is 0 Å². The lowest BCUT2D eigenvalue weighted by atomic mass is 9.98. The second-order valence-corrected chi connectivity index (χ2v) is 7.28. The molecule has 0 aliphatic rings. The Bertz CT molecular complexity index is 1110. The Morgan fingerprint density at radius 1 is 0.846 bits per heavy atom. The normalized spacial score (nSPS) is 11.7. The first-order valence-corrected chi connectivity index (χ1v) is 9.10. The Morgan fingerprint density at radius 3 is 2.19 bits per heavy atom. The summed E-state index contributed by atoms with van der Waals surface area (Å²) in [6, 6.07) is 19.7. The highest BCUT2D eigenvalue weighted by Crippen LogP contribution is 2.45. The molecule has 1 atom stereocenters. The van der Waals surface area contributed by atoms with Gasteiger partial charge in [0.25, 0.3) is 0 Å². The van der Waals surface area contributed by atoms with Crippen LogP contribution in [0.4, 0.5) is 0 Å². The maximum atomic E-state index is 13.1. The molecule has 3 aromatic carbocycles. The van der Waals surface area contributed by atoms with Crippen LogP contribution >= 0.6 is 10.8 Å². The Hall–Kier alpha value is -3.15. The molecule has 0 saturated carbocycles. The van der Waals surface area contributed by atoms with Gasteiger partial charge in [0.05, 0.1) is 10.9 Å². The molecule has 4 nitrogen and oxygen atoms in total. The molecule has 0 bridgehead atoms. The SMILES string of the molecule is O=C(c1ccc(O)cc1)c1c(-c2ccccc2)c2cc(O)ccc2[s+]1[O-]. The molecule has 1 unspecified atom stereocenters. The van der Waals surface area contributed by atoms with E-state index >= 15 is 0 Å². The van der Waals surface area contributed by atoms with E-state index in [2.05, 4.69) is 0 Å². The summed E-state index contributed by atoms with van der Waals surface area (Å²) >= 11 is 0. The third-order valence-electron chi connectivity index (χ3n) is 4.24. The maximum absolute atomic E-state index is 13.1. The molecule has 4 aromatic rings. The predicted octanol–water partition coefficient (Wildman–Crippen LogP) is 4.88. The number of hydrogen-bond acceptors (Lipinski definition) is 4. The number of thiophene rings is 1. The standard InChI is InChI=1S/C21H14O4S/c22-15-8-6-14(7-9-15)20(24)21-19(13-4-2-1-3-5-13)17-12-16(23)10-11-18(17)26(21)25/h1-12,22-23H. The zero-order chi connectivity index (χ0) is 18.3. The zero-order valence-electron chi connectivity index (χ0n) is 13.5. The number of fused-ring (bicyclic) bond motifs is 1. The van der Waals surface area contributed by atoms with Gasteiger partial charge in [-0.15, -0.1) is 0 Å². The lowest BCUT2D eigenvalue weighted by molar-refractivity contribution is 0.104. The summed E-state index contributed by atoms with van der Waals surface area (Å²) in [7, 11) is -1.65. The van der Waals surface area contributed by atoms with Crippen LogP contribution in [0.5, 0.6) is 11.5 Å². The van der Waals surface area contributed by atoms with E-state index in [1.807, 2.05) is 30.3 Å². The second-order valence-electron chi connectivity index (χ2n) is 5.90. The maximum Gasteiger partial charge on any atom is 0.245 e. The van der Waals surface area contributed by atoms with Crippen molar-refractivity contribution in [1.82, 2.24) is 0 Å².